The van der Waals surface area contributed by atoms with Crippen LogP contribution in [0.5, 0.6) is 0 Å². The van der Waals surface area contributed by atoms with Crippen LogP contribution in [0, 0.1) is 13.8 Å². The highest BCUT2D eigenvalue weighted by Gasteiger charge is 2.31. The number of hydrogen-bond donors (Lipinski definition) is 1. The molecule has 2 heterocycles. The van der Waals surface area contributed by atoms with Crippen molar-refractivity contribution in [2.45, 2.75) is 26.0 Å². The van der Waals surface area contributed by atoms with Gasteiger partial charge in [0, 0.05) is 35.9 Å². The summed E-state index contributed by atoms with van der Waals surface area (Å²) in [7, 11) is 0. The monoisotopic (exact) mass is 305 g/mol. The van der Waals surface area contributed by atoms with Crippen molar-refractivity contribution in [1.29, 1.82) is 0 Å². The lowest BCUT2D eigenvalue weighted by Crippen LogP contribution is -2.49. The van der Waals surface area contributed by atoms with Gasteiger partial charge < -0.3 is 5.11 Å². The van der Waals surface area contributed by atoms with E-state index in [1.165, 1.54) is 5.69 Å². The molecule has 0 radical (unpaired) electrons. The molecule has 1 N–H and O–H groups in total. The van der Waals surface area contributed by atoms with Gasteiger partial charge in [-0.1, -0.05) is 29.8 Å². The Morgan fingerprint density at radius 3 is 2.67 bits per heavy atom. The van der Waals surface area contributed by atoms with E-state index in [2.05, 4.69) is 27.7 Å². The van der Waals surface area contributed by atoms with E-state index in [9.17, 15) is 5.11 Å². The number of aromatic nitrogens is 2. The molecule has 1 aliphatic rings. The van der Waals surface area contributed by atoms with Crippen molar-refractivity contribution in [2.24, 2.45) is 0 Å². The largest absolute Gasteiger partial charge is 0.387 e. The highest BCUT2D eigenvalue weighted by Crippen LogP contribution is 2.28. The molecule has 1 fully saturated rings. The van der Waals surface area contributed by atoms with Gasteiger partial charge in [0.2, 0.25) is 0 Å². The molecule has 112 valence electrons. The molecule has 3 rings (SSSR count). The molecule has 1 atom stereocenters. The number of β-amino-alcohol motifs (C(OH)–C–C–N with tert-alkyl or cyclic N) is 1. The molecule has 0 amide bonds. The highest BCUT2D eigenvalue weighted by molar-refractivity contribution is 6.31. The first kappa shape index (κ1) is 14.6. The summed E-state index contributed by atoms with van der Waals surface area (Å²) >= 11 is 6.12. The first-order chi connectivity index (χ1) is 10.0. The van der Waals surface area contributed by atoms with E-state index in [4.69, 9.17) is 11.6 Å². The van der Waals surface area contributed by atoms with Crippen LogP contribution in [0.1, 0.15) is 29.1 Å². The molecule has 0 saturated carbocycles. The van der Waals surface area contributed by atoms with E-state index in [1.54, 1.807) is 0 Å². The maximum absolute atomic E-state index is 10.3. The zero-order valence-corrected chi connectivity index (χ0v) is 13.1. The summed E-state index contributed by atoms with van der Waals surface area (Å²) in [5.41, 5.74) is 3.06. The maximum Gasteiger partial charge on any atom is 0.0931 e. The molecule has 0 bridgehead atoms. The number of rotatable bonds is 4. The van der Waals surface area contributed by atoms with Crippen LogP contribution in [0.3, 0.4) is 0 Å². The van der Waals surface area contributed by atoms with Crippen LogP contribution in [0.4, 0.5) is 0 Å². The molecular weight excluding hydrogens is 286 g/mol. The number of likely N-dealkylation sites (tertiary alicyclic amines) is 1. The van der Waals surface area contributed by atoms with Crippen molar-refractivity contribution in [3.05, 3.63) is 52.3 Å². The van der Waals surface area contributed by atoms with Crippen LogP contribution in [-0.2, 0) is 0 Å². The average molecular weight is 306 g/mol. The Balaban J connectivity index is 1.58. The molecule has 0 spiro atoms. The van der Waals surface area contributed by atoms with Crippen LogP contribution in [0.2, 0.25) is 5.02 Å². The summed E-state index contributed by atoms with van der Waals surface area (Å²) in [4.78, 5) is 2.23. The van der Waals surface area contributed by atoms with Gasteiger partial charge in [-0.15, -0.1) is 0 Å². The van der Waals surface area contributed by atoms with Crippen molar-refractivity contribution in [2.75, 3.05) is 19.6 Å². The van der Waals surface area contributed by atoms with E-state index in [0.717, 1.165) is 24.3 Å². The highest BCUT2D eigenvalue weighted by atomic mass is 35.5. The lowest BCUT2D eigenvalue weighted by molar-refractivity contribution is 0.0394. The Bertz CT molecular complexity index is 634. The van der Waals surface area contributed by atoms with Crippen molar-refractivity contribution in [1.82, 2.24) is 14.7 Å². The van der Waals surface area contributed by atoms with Crippen LogP contribution in [0.25, 0.3) is 0 Å². The van der Waals surface area contributed by atoms with Crippen LogP contribution >= 0.6 is 11.6 Å². The fourth-order valence-corrected chi connectivity index (χ4v) is 3.21. The minimum absolute atomic E-state index is 0.414. The summed E-state index contributed by atoms with van der Waals surface area (Å²) in [6.45, 7) is 6.55. The number of hydrogen-bond acceptors (Lipinski definition) is 3. The second-order valence-electron chi connectivity index (χ2n) is 5.78. The Morgan fingerprint density at radius 2 is 2.05 bits per heavy atom. The van der Waals surface area contributed by atoms with E-state index in [-0.39, 0.29) is 0 Å². The molecule has 5 heteroatoms. The average Bonchev–Trinajstić information content (AvgIpc) is 2.72. The summed E-state index contributed by atoms with van der Waals surface area (Å²) in [6.07, 6.45) is -0.542. The number of aryl methyl sites for hydroxylation is 2. The Labute approximate surface area is 130 Å². The third kappa shape index (κ3) is 2.98. The normalized spacial score (nSPS) is 17.7. The van der Waals surface area contributed by atoms with E-state index in [0.29, 0.717) is 17.6 Å². The molecule has 0 aliphatic carbocycles. The fraction of sp³-hybridized carbons (Fsp3) is 0.438. The molecule has 21 heavy (non-hydrogen) atoms. The third-order valence-corrected chi connectivity index (χ3v) is 4.37. The van der Waals surface area contributed by atoms with E-state index < -0.39 is 6.10 Å². The smallest absolute Gasteiger partial charge is 0.0931 e. The van der Waals surface area contributed by atoms with E-state index >= 15 is 0 Å². The number of aliphatic hydroxyl groups excluding tert-OH is 1. The third-order valence-electron chi connectivity index (χ3n) is 4.02. The lowest BCUT2D eigenvalue weighted by Gasteiger charge is -2.40. The quantitative estimate of drug-likeness (QED) is 0.944. The Kier molecular flexibility index (Phi) is 4.02. The van der Waals surface area contributed by atoms with Gasteiger partial charge in [-0.3, -0.25) is 9.58 Å². The van der Waals surface area contributed by atoms with Gasteiger partial charge in [0.05, 0.1) is 17.8 Å². The zero-order valence-electron chi connectivity index (χ0n) is 12.3. The van der Waals surface area contributed by atoms with Crippen molar-refractivity contribution in [3.63, 3.8) is 0 Å². The lowest BCUT2D eigenvalue weighted by atomic mass is 10.0. The van der Waals surface area contributed by atoms with Gasteiger partial charge in [0.25, 0.3) is 0 Å². The predicted molar refractivity (Wildman–Crippen MR) is 83.6 cm³/mol. The van der Waals surface area contributed by atoms with Gasteiger partial charge in [-0.05, 0) is 26.0 Å². The van der Waals surface area contributed by atoms with E-state index in [1.807, 2.05) is 31.2 Å². The molecule has 1 saturated heterocycles. The van der Waals surface area contributed by atoms with Crippen LogP contribution in [0.15, 0.2) is 30.3 Å². The van der Waals surface area contributed by atoms with Gasteiger partial charge >= 0.3 is 0 Å². The molecule has 1 aromatic carbocycles. The maximum atomic E-state index is 10.3. The first-order valence-corrected chi connectivity index (χ1v) is 7.60. The Hall–Kier alpha value is -1.36. The molecule has 1 unspecified atom stereocenters. The SMILES string of the molecule is Cc1cc(C)n(C2CN(CC(O)c3ccccc3Cl)C2)n1. The van der Waals surface area contributed by atoms with Crippen molar-refractivity contribution < 1.29 is 5.11 Å². The zero-order chi connectivity index (χ0) is 15.0. The second kappa shape index (κ2) is 5.79. The summed E-state index contributed by atoms with van der Waals surface area (Å²) in [6, 6.07) is 9.99. The standard InChI is InChI=1S/C16H20ClN3O/c1-11-7-12(2)20(18-11)13-8-19(9-13)10-16(21)14-5-3-4-6-15(14)17/h3-7,13,16,21H,8-10H2,1-2H3. The van der Waals surface area contributed by atoms with Crippen molar-refractivity contribution >= 4 is 11.6 Å². The topological polar surface area (TPSA) is 41.3 Å². The molecular formula is C16H20ClN3O. The summed E-state index contributed by atoms with van der Waals surface area (Å²) in [5.74, 6) is 0. The Morgan fingerprint density at radius 1 is 1.33 bits per heavy atom. The molecule has 1 aliphatic heterocycles. The number of aliphatic hydroxyl groups is 1. The van der Waals surface area contributed by atoms with Crippen LogP contribution < -0.4 is 0 Å². The van der Waals surface area contributed by atoms with Gasteiger partial charge in [0.1, 0.15) is 0 Å². The van der Waals surface area contributed by atoms with Crippen LogP contribution in [-0.4, -0.2) is 39.4 Å². The first-order valence-electron chi connectivity index (χ1n) is 7.22. The summed E-state index contributed by atoms with van der Waals surface area (Å²) in [5, 5.41) is 15.5. The second-order valence-corrected chi connectivity index (χ2v) is 6.19. The number of halogens is 1. The van der Waals surface area contributed by atoms with Crippen molar-refractivity contribution in [3.8, 4) is 0 Å². The number of benzene rings is 1. The summed E-state index contributed by atoms with van der Waals surface area (Å²) < 4.78 is 2.09. The van der Waals surface area contributed by atoms with Gasteiger partial charge in [-0.2, -0.15) is 5.10 Å². The van der Waals surface area contributed by atoms with Gasteiger partial charge in [0.15, 0.2) is 0 Å². The fourth-order valence-electron chi connectivity index (χ4n) is 2.95. The molecule has 1 aromatic heterocycles. The predicted octanol–water partition coefficient (Wildman–Crippen LogP) is 2.74. The molecule has 4 nitrogen and oxygen atoms in total. The minimum atomic E-state index is -0.542. The van der Waals surface area contributed by atoms with Gasteiger partial charge in [-0.25, -0.2) is 0 Å². The molecule has 2 aromatic rings. The minimum Gasteiger partial charge on any atom is -0.387 e. The number of nitrogens with zero attached hydrogens (tertiary/aromatic N) is 3.